The van der Waals surface area contributed by atoms with E-state index in [-0.39, 0.29) is 17.6 Å². The van der Waals surface area contributed by atoms with Crippen molar-refractivity contribution in [3.8, 4) is 0 Å². The lowest BCUT2D eigenvalue weighted by Gasteiger charge is -2.62. The van der Waals surface area contributed by atoms with Crippen LogP contribution in [0.3, 0.4) is 0 Å². The van der Waals surface area contributed by atoms with Crippen molar-refractivity contribution >= 4 is 0 Å². The van der Waals surface area contributed by atoms with Gasteiger partial charge in [0.15, 0.2) is 0 Å². The Balaban J connectivity index is 1.21. The Hall–Kier alpha value is -0.240. The maximum Gasteiger partial charge on any atom is 0.0751 e. The van der Waals surface area contributed by atoms with Crippen molar-refractivity contribution in [2.24, 2.45) is 34.5 Å². The smallest absolute Gasteiger partial charge is 0.0751 e. The SMILES string of the molecule is CN1CCN([C@@H]2C[C@H]3[C@@H]4CC[C@H]5C[C@@H](O)[C@@H](N6CCN(C)CC6)C[C@]5(C)[C@H]4CC[C@]3(C)[C@H]2O)CC1. The highest BCUT2D eigenvalue weighted by Gasteiger charge is 2.63. The van der Waals surface area contributed by atoms with Crippen LogP contribution in [-0.2, 0) is 0 Å². The van der Waals surface area contributed by atoms with E-state index in [9.17, 15) is 10.2 Å². The molecule has 35 heavy (non-hydrogen) atoms. The van der Waals surface area contributed by atoms with Gasteiger partial charge in [-0.3, -0.25) is 9.80 Å². The number of nitrogens with zero attached hydrogens (tertiary/aromatic N) is 4. The molecule has 10 atom stereocenters. The van der Waals surface area contributed by atoms with Crippen LogP contribution < -0.4 is 0 Å². The molecule has 2 N–H and O–H groups in total. The summed E-state index contributed by atoms with van der Waals surface area (Å²) in [4.78, 5) is 10.1. The predicted octanol–water partition coefficient (Wildman–Crippen LogP) is 2.20. The van der Waals surface area contributed by atoms with Gasteiger partial charge in [0.25, 0.3) is 0 Å². The maximum absolute atomic E-state index is 11.7. The molecule has 6 heteroatoms. The number of piperazine rings is 2. The van der Waals surface area contributed by atoms with Crippen molar-refractivity contribution in [3.05, 3.63) is 0 Å². The number of likely N-dealkylation sites (N-methyl/N-ethyl adjacent to an activating group) is 2. The Morgan fingerprint density at radius 1 is 0.657 bits per heavy atom. The Bertz CT molecular complexity index is 766. The first-order valence-corrected chi connectivity index (χ1v) is 14.9. The zero-order chi connectivity index (χ0) is 24.5. The van der Waals surface area contributed by atoms with Gasteiger partial charge >= 0.3 is 0 Å². The highest BCUT2D eigenvalue weighted by atomic mass is 16.3. The fraction of sp³-hybridized carbons (Fsp3) is 1.00. The van der Waals surface area contributed by atoms with E-state index in [2.05, 4.69) is 47.5 Å². The zero-order valence-corrected chi connectivity index (χ0v) is 22.9. The molecule has 0 bridgehead atoms. The molecular weight excluding hydrogens is 436 g/mol. The van der Waals surface area contributed by atoms with Crippen molar-refractivity contribution in [1.29, 1.82) is 0 Å². The van der Waals surface area contributed by atoms with Gasteiger partial charge < -0.3 is 20.0 Å². The lowest BCUT2D eigenvalue weighted by atomic mass is 9.44. The molecule has 4 aliphatic carbocycles. The van der Waals surface area contributed by atoms with Crippen LogP contribution in [0.4, 0.5) is 0 Å². The number of aliphatic hydroxyl groups is 2. The fourth-order valence-corrected chi connectivity index (χ4v) is 10.3. The van der Waals surface area contributed by atoms with Crippen LogP contribution in [-0.4, -0.2) is 121 Å². The molecule has 2 heterocycles. The average molecular weight is 489 g/mol. The minimum atomic E-state index is -0.173. The van der Waals surface area contributed by atoms with Gasteiger partial charge in [-0.05, 0) is 93.5 Å². The van der Waals surface area contributed by atoms with E-state index in [0.717, 1.165) is 70.6 Å². The highest BCUT2D eigenvalue weighted by Crippen LogP contribution is 2.66. The van der Waals surface area contributed by atoms with E-state index in [1.54, 1.807) is 0 Å². The van der Waals surface area contributed by atoms with Gasteiger partial charge in [-0.25, -0.2) is 0 Å². The van der Waals surface area contributed by atoms with Crippen LogP contribution in [0.5, 0.6) is 0 Å². The second-order valence-corrected chi connectivity index (χ2v) is 14.2. The highest BCUT2D eigenvalue weighted by molar-refractivity contribution is 5.14. The van der Waals surface area contributed by atoms with Crippen molar-refractivity contribution < 1.29 is 10.2 Å². The van der Waals surface area contributed by atoms with E-state index < -0.39 is 0 Å². The van der Waals surface area contributed by atoms with Gasteiger partial charge in [0.05, 0.1) is 12.2 Å². The van der Waals surface area contributed by atoms with Crippen LogP contribution in [0.25, 0.3) is 0 Å². The average Bonchev–Trinajstić information content (AvgIpc) is 3.11. The molecular formula is C29H52N4O2. The van der Waals surface area contributed by atoms with E-state index in [1.807, 2.05) is 0 Å². The second-order valence-electron chi connectivity index (χ2n) is 14.2. The summed E-state index contributed by atoms with van der Waals surface area (Å²) in [6, 6.07) is 0.693. The minimum Gasteiger partial charge on any atom is -0.391 e. The number of hydrogen-bond acceptors (Lipinski definition) is 6. The van der Waals surface area contributed by atoms with Crippen LogP contribution in [0.1, 0.15) is 58.8 Å². The first-order valence-electron chi connectivity index (χ1n) is 14.9. The summed E-state index contributed by atoms with van der Waals surface area (Å²) in [5.41, 5.74) is 0.428. The summed E-state index contributed by atoms with van der Waals surface area (Å²) in [6.45, 7) is 14.0. The molecule has 0 amide bonds. The molecule has 0 aromatic carbocycles. The molecule has 0 aromatic rings. The molecule has 2 saturated heterocycles. The summed E-state index contributed by atoms with van der Waals surface area (Å²) in [5.74, 6) is 2.85. The Morgan fingerprint density at radius 3 is 1.89 bits per heavy atom. The lowest BCUT2D eigenvalue weighted by Crippen LogP contribution is -2.61. The van der Waals surface area contributed by atoms with Gasteiger partial charge in [0.1, 0.15) is 0 Å². The van der Waals surface area contributed by atoms with Crippen LogP contribution in [0, 0.1) is 34.5 Å². The molecule has 0 aromatic heterocycles. The van der Waals surface area contributed by atoms with E-state index in [1.165, 1.54) is 38.5 Å². The summed E-state index contributed by atoms with van der Waals surface area (Å²) in [7, 11) is 4.45. The lowest BCUT2D eigenvalue weighted by molar-refractivity contribution is -0.155. The Morgan fingerprint density at radius 2 is 1.26 bits per heavy atom. The predicted molar refractivity (Wildman–Crippen MR) is 140 cm³/mol. The van der Waals surface area contributed by atoms with Crippen molar-refractivity contribution in [1.82, 2.24) is 19.6 Å². The molecule has 0 radical (unpaired) electrons. The molecule has 4 saturated carbocycles. The number of hydrogen-bond donors (Lipinski definition) is 2. The minimum absolute atomic E-state index is 0.0867. The molecule has 2 aliphatic heterocycles. The van der Waals surface area contributed by atoms with Crippen molar-refractivity contribution in [2.45, 2.75) is 83.1 Å². The van der Waals surface area contributed by atoms with Gasteiger partial charge in [-0.2, -0.15) is 0 Å². The zero-order valence-electron chi connectivity index (χ0n) is 22.9. The van der Waals surface area contributed by atoms with Crippen LogP contribution in [0.2, 0.25) is 0 Å². The molecule has 6 aliphatic rings. The normalized spacial score (nSPS) is 52.6. The number of fused-ring (bicyclic) bond motifs is 5. The van der Waals surface area contributed by atoms with Gasteiger partial charge in [0.2, 0.25) is 0 Å². The van der Waals surface area contributed by atoms with Gasteiger partial charge in [0, 0.05) is 64.4 Å². The Labute approximate surface area is 214 Å². The summed E-state index contributed by atoms with van der Waals surface area (Å²) < 4.78 is 0. The first kappa shape index (κ1) is 25.1. The van der Waals surface area contributed by atoms with Gasteiger partial charge in [-0.15, -0.1) is 0 Å². The summed E-state index contributed by atoms with van der Waals surface area (Å²) >= 11 is 0. The third-order valence-corrected chi connectivity index (χ3v) is 12.7. The largest absolute Gasteiger partial charge is 0.391 e. The van der Waals surface area contributed by atoms with Crippen molar-refractivity contribution in [2.75, 3.05) is 66.5 Å². The standard InChI is InChI=1S/C29H52N4O2/c1-28-8-7-22-21(23(28)18-24(27(28)35)32-13-9-30(3)10-14-32)6-5-20-17-26(34)25(19-29(20,22)2)33-15-11-31(4)12-16-33/h20-27,34-35H,5-19H2,1-4H3/t20-,21+,22-,23-,24+,25-,26+,27-,28-,29-/m0/s1. The third-order valence-electron chi connectivity index (χ3n) is 12.7. The van der Waals surface area contributed by atoms with E-state index in [0.29, 0.717) is 29.3 Å². The molecule has 6 fully saturated rings. The molecule has 0 unspecified atom stereocenters. The Kier molecular flexibility index (Phi) is 6.59. The topological polar surface area (TPSA) is 53.4 Å². The van der Waals surface area contributed by atoms with Crippen LogP contribution >= 0.6 is 0 Å². The fourth-order valence-electron chi connectivity index (χ4n) is 10.3. The van der Waals surface area contributed by atoms with E-state index >= 15 is 0 Å². The quantitative estimate of drug-likeness (QED) is 0.622. The van der Waals surface area contributed by atoms with Crippen molar-refractivity contribution in [3.63, 3.8) is 0 Å². The molecule has 0 spiro atoms. The molecule has 200 valence electrons. The van der Waals surface area contributed by atoms with E-state index in [4.69, 9.17) is 0 Å². The molecule has 6 rings (SSSR count). The second kappa shape index (κ2) is 9.20. The summed E-state index contributed by atoms with van der Waals surface area (Å²) in [5, 5.41) is 23.0. The maximum atomic E-state index is 11.7. The molecule has 6 nitrogen and oxygen atoms in total. The monoisotopic (exact) mass is 488 g/mol. The summed E-state index contributed by atoms with van der Waals surface area (Å²) in [6.07, 6.45) is 8.13. The first-order chi connectivity index (χ1) is 16.7. The number of aliphatic hydroxyl groups excluding tert-OH is 2. The van der Waals surface area contributed by atoms with Crippen LogP contribution in [0.15, 0.2) is 0 Å². The third kappa shape index (κ3) is 4.04. The van der Waals surface area contributed by atoms with Gasteiger partial charge in [-0.1, -0.05) is 13.8 Å². The number of rotatable bonds is 2.